The molecule has 0 aliphatic carbocycles. The molecule has 1 aromatic carbocycles. The molecule has 1 saturated heterocycles. The number of β-amino-alcohol motifs (C(OH)–C–C–N with tert-alkyl or cyclic N) is 1. The van der Waals surface area contributed by atoms with Crippen LogP contribution in [0.15, 0.2) is 36.5 Å². The Balaban J connectivity index is 1.24. The average molecular weight is 466 g/mol. The second kappa shape index (κ2) is 11.0. The van der Waals surface area contributed by atoms with Crippen LogP contribution in [0.1, 0.15) is 46.8 Å². The number of aliphatic hydroxyl groups is 1. The molecule has 34 heavy (non-hydrogen) atoms. The number of carbonyl (C=O) groups is 2. The van der Waals surface area contributed by atoms with Crippen LogP contribution >= 0.6 is 0 Å². The van der Waals surface area contributed by atoms with Crippen LogP contribution in [0.4, 0.5) is 5.82 Å². The fourth-order valence-electron chi connectivity index (χ4n) is 4.89. The summed E-state index contributed by atoms with van der Waals surface area (Å²) >= 11 is 0. The van der Waals surface area contributed by atoms with Gasteiger partial charge in [-0.05, 0) is 55.0 Å². The molecular weight excluding hydrogens is 430 g/mol. The molecular formula is C26H35N5O3. The Kier molecular flexibility index (Phi) is 7.80. The molecule has 182 valence electrons. The number of aryl methyl sites for hydroxylation is 1. The molecule has 2 aromatic rings. The summed E-state index contributed by atoms with van der Waals surface area (Å²) in [5, 5.41) is 16.8. The normalized spacial score (nSPS) is 17.7. The predicted molar refractivity (Wildman–Crippen MR) is 132 cm³/mol. The number of hydrogen-bond acceptors (Lipinski definition) is 6. The van der Waals surface area contributed by atoms with Crippen LogP contribution in [0.5, 0.6) is 0 Å². The van der Waals surface area contributed by atoms with Gasteiger partial charge in [0.25, 0.3) is 5.91 Å². The number of aliphatic hydroxyl groups excluding tert-OH is 1. The first kappa shape index (κ1) is 24.2. The second-order valence-corrected chi connectivity index (χ2v) is 9.42. The van der Waals surface area contributed by atoms with E-state index in [1.54, 1.807) is 25.3 Å². The van der Waals surface area contributed by atoms with E-state index in [0.717, 1.165) is 45.4 Å². The van der Waals surface area contributed by atoms with Crippen LogP contribution in [0.3, 0.4) is 0 Å². The van der Waals surface area contributed by atoms with Gasteiger partial charge in [-0.2, -0.15) is 0 Å². The molecule has 0 spiro atoms. The minimum Gasteiger partial charge on any atom is -0.390 e. The lowest BCUT2D eigenvalue weighted by Crippen LogP contribution is -2.42. The Morgan fingerprint density at radius 1 is 1.21 bits per heavy atom. The summed E-state index contributed by atoms with van der Waals surface area (Å²) in [7, 11) is 0. The molecule has 2 aliphatic rings. The number of carbonyl (C=O) groups excluding carboxylic acids is 2. The van der Waals surface area contributed by atoms with Gasteiger partial charge in [0.05, 0.1) is 6.10 Å². The van der Waals surface area contributed by atoms with Crippen LogP contribution in [0.25, 0.3) is 0 Å². The van der Waals surface area contributed by atoms with Crippen molar-refractivity contribution in [3.63, 3.8) is 0 Å². The van der Waals surface area contributed by atoms with Crippen molar-refractivity contribution in [2.24, 2.45) is 0 Å². The first-order valence-electron chi connectivity index (χ1n) is 12.1. The van der Waals surface area contributed by atoms with Crippen LogP contribution < -0.4 is 10.6 Å². The Morgan fingerprint density at radius 2 is 2.00 bits per heavy atom. The van der Waals surface area contributed by atoms with Crippen LogP contribution in [0, 0.1) is 6.92 Å². The van der Waals surface area contributed by atoms with Crippen molar-refractivity contribution in [1.29, 1.82) is 0 Å². The molecule has 8 nitrogen and oxygen atoms in total. The monoisotopic (exact) mass is 465 g/mol. The molecule has 3 N–H and O–H groups in total. The van der Waals surface area contributed by atoms with Gasteiger partial charge in [0, 0.05) is 64.0 Å². The zero-order chi connectivity index (χ0) is 24.1. The topological polar surface area (TPSA) is 97.8 Å². The number of hydrogen-bond donors (Lipinski definition) is 3. The maximum Gasteiger partial charge on any atom is 0.251 e. The summed E-state index contributed by atoms with van der Waals surface area (Å²) < 4.78 is 0. The summed E-state index contributed by atoms with van der Waals surface area (Å²) in [5.41, 5.74) is 4.59. The molecule has 0 radical (unpaired) electrons. The molecule has 3 heterocycles. The van der Waals surface area contributed by atoms with E-state index in [4.69, 9.17) is 0 Å². The van der Waals surface area contributed by atoms with Crippen molar-refractivity contribution in [3.8, 4) is 0 Å². The van der Waals surface area contributed by atoms with Gasteiger partial charge in [0.15, 0.2) is 0 Å². The quantitative estimate of drug-likeness (QED) is 0.578. The predicted octanol–water partition coefficient (Wildman–Crippen LogP) is 1.96. The number of piperidine rings is 1. The number of anilines is 1. The lowest BCUT2D eigenvalue weighted by atomic mass is 9.95. The fourth-order valence-corrected chi connectivity index (χ4v) is 4.89. The largest absolute Gasteiger partial charge is 0.390 e. The molecule has 4 rings (SSSR count). The number of aromatic nitrogens is 1. The van der Waals surface area contributed by atoms with Gasteiger partial charge in [0.1, 0.15) is 5.82 Å². The smallest absolute Gasteiger partial charge is 0.251 e. The molecule has 0 saturated carbocycles. The highest BCUT2D eigenvalue weighted by Gasteiger charge is 2.22. The third-order valence-corrected chi connectivity index (χ3v) is 6.86. The number of rotatable bonds is 7. The summed E-state index contributed by atoms with van der Waals surface area (Å²) in [6, 6.07) is 10.0. The van der Waals surface area contributed by atoms with Gasteiger partial charge in [-0.3, -0.25) is 14.5 Å². The summed E-state index contributed by atoms with van der Waals surface area (Å²) in [4.78, 5) is 32.6. The number of fused-ring (bicyclic) bond motifs is 1. The Hall–Kier alpha value is -2.97. The highest BCUT2D eigenvalue weighted by Crippen LogP contribution is 2.22. The molecule has 1 aromatic heterocycles. The number of pyridine rings is 1. The molecule has 0 bridgehead atoms. The lowest BCUT2D eigenvalue weighted by Gasteiger charge is -2.32. The van der Waals surface area contributed by atoms with E-state index in [9.17, 15) is 14.7 Å². The van der Waals surface area contributed by atoms with Crippen LogP contribution in [0.2, 0.25) is 0 Å². The first-order chi connectivity index (χ1) is 16.4. The lowest BCUT2D eigenvalue weighted by molar-refractivity contribution is -0.129. The van der Waals surface area contributed by atoms with Crippen molar-refractivity contribution in [1.82, 2.24) is 20.1 Å². The van der Waals surface area contributed by atoms with E-state index in [-0.39, 0.29) is 24.4 Å². The Morgan fingerprint density at radius 3 is 2.76 bits per heavy atom. The van der Waals surface area contributed by atoms with Gasteiger partial charge < -0.3 is 20.6 Å². The molecule has 1 atom stereocenters. The fraction of sp³-hybridized carbons (Fsp3) is 0.500. The number of nitrogens with one attached hydrogen (secondary N) is 2. The van der Waals surface area contributed by atoms with E-state index in [1.807, 2.05) is 4.90 Å². The van der Waals surface area contributed by atoms with E-state index in [2.05, 4.69) is 45.6 Å². The second-order valence-electron chi connectivity index (χ2n) is 9.42. The van der Waals surface area contributed by atoms with E-state index in [0.29, 0.717) is 17.9 Å². The summed E-state index contributed by atoms with van der Waals surface area (Å²) in [6.45, 7) is 7.66. The molecule has 2 amide bonds. The number of benzene rings is 1. The van der Waals surface area contributed by atoms with Gasteiger partial charge in [-0.25, -0.2) is 4.98 Å². The highest BCUT2D eigenvalue weighted by molar-refractivity contribution is 5.94. The average Bonchev–Trinajstić information content (AvgIpc) is 2.83. The zero-order valence-electron chi connectivity index (χ0n) is 20.1. The standard InChI is InChI=1S/C26H35N5O3/c1-18-4-3-5-21-16-30(11-9-24(18)21)17-23(33)15-28-26(34)20-6-10-27-25(14-20)29-22-7-12-31(13-8-22)19(2)32/h3-6,10,14,22-23,33H,7-9,11-13,15-17H2,1-2H3,(H,27,29)(H,28,34)/t23-/m0/s1. The third-order valence-electron chi connectivity index (χ3n) is 6.86. The third kappa shape index (κ3) is 6.12. The minimum atomic E-state index is -0.638. The maximum absolute atomic E-state index is 12.7. The van der Waals surface area contributed by atoms with E-state index >= 15 is 0 Å². The highest BCUT2D eigenvalue weighted by atomic mass is 16.3. The van der Waals surface area contributed by atoms with Crippen molar-refractivity contribution in [3.05, 3.63) is 58.8 Å². The van der Waals surface area contributed by atoms with Gasteiger partial charge >= 0.3 is 0 Å². The minimum absolute atomic E-state index is 0.109. The van der Waals surface area contributed by atoms with Crippen molar-refractivity contribution >= 4 is 17.6 Å². The summed E-state index contributed by atoms with van der Waals surface area (Å²) in [6.07, 6.45) is 3.67. The molecule has 8 heteroatoms. The van der Waals surface area contributed by atoms with Crippen molar-refractivity contribution in [2.75, 3.05) is 38.0 Å². The SMILES string of the molecule is CC(=O)N1CCC(Nc2cc(C(=O)NC[C@H](O)CN3CCc4c(C)cccc4C3)ccn2)CC1. The molecule has 0 unspecified atom stereocenters. The number of nitrogens with zero attached hydrogens (tertiary/aromatic N) is 3. The summed E-state index contributed by atoms with van der Waals surface area (Å²) in [5.74, 6) is 0.532. The zero-order valence-corrected chi connectivity index (χ0v) is 20.1. The van der Waals surface area contributed by atoms with Crippen molar-refractivity contribution in [2.45, 2.75) is 51.8 Å². The number of likely N-dealkylation sites (tertiary alicyclic amines) is 1. The van der Waals surface area contributed by atoms with E-state index < -0.39 is 6.10 Å². The Labute approximate surface area is 201 Å². The molecule has 2 aliphatic heterocycles. The van der Waals surface area contributed by atoms with E-state index in [1.165, 1.54) is 16.7 Å². The first-order valence-corrected chi connectivity index (χ1v) is 12.1. The van der Waals surface area contributed by atoms with Crippen LogP contribution in [-0.2, 0) is 17.8 Å². The molecule has 1 fully saturated rings. The van der Waals surface area contributed by atoms with Crippen LogP contribution in [-0.4, -0.2) is 76.6 Å². The van der Waals surface area contributed by atoms with Gasteiger partial charge in [-0.15, -0.1) is 0 Å². The van der Waals surface area contributed by atoms with Crippen molar-refractivity contribution < 1.29 is 14.7 Å². The maximum atomic E-state index is 12.7. The van der Waals surface area contributed by atoms with Gasteiger partial charge in [-0.1, -0.05) is 18.2 Å². The number of amides is 2. The Bertz CT molecular complexity index is 1020. The van der Waals surface area contributed by atoms with Gasteiger partial charge in [0.2, 0.25) is 5.91 Å².